The number of pyridine rings is 1. The lowest BCUT2D eigenvalue weighted by Gasteiger charge is -2.19. The van der Waals surface area contributed by atoms with Crippen LogP contribution in [-0.4, -0.2) is 7.11 Å². The molecule has 0 radical (unpaired) electrons. The lowest BCUT2D eigenvalue weighted by Crippen LogP contribution is -2.43. The molecule has 2 rings (SSSR count). The number of aromatic nitrogens is 1. The second-order valence-electron chi connectivity index (χ2n) is 8.47. The molecule has 144 valence electrons. The Kier molecular flexibility index (Phi) is 6.43. The Morgan fingerprint density at radius 2 is 1.93 bits per heavy atom. The number of benzene rings is 1. The van der Waals surface area contributed by atoms with Crippen LogP contribution in [-0.2, 0) is 18.4 Å². The minimum Gasteiger partial charge on any atom is -0.380 e. The number of hydrogen-bond acceptors (Lipinski definition) is 1. The molecule has 0 saturated heterocycles. The number of allylic oxidation sites excluding steroid dienone is 2. The van der Waals surface area contributed by atoms with E-state index in [4.69, 9.17) is 4.74 Å². The molecule has 2 heteroatoms. The van der Waals surface area contributed by atoms with E-state index in [1.54, 1.807) is 7.11 Å². The Morgan fingerprint density at radius 1 is 1.26 bits per heavy atom. The Labute approximate surface area is 164 Å². The number of nitrogens with zero attached hydrogens (tertiary/aromatic N) is 1. The predicted molar refractivity (Wildman–Crippen MR) is 117 cm³/mol. The maximum Gasteiger partial charge on any atom is 0.220 e. The summed E-state index contributed by atoms with van der Waals surface area (Å²) in [6.45, 7) is 18.1. The SMILES string of the molecule is C=c1c(-c2c(COC)cc(C)cc2/C(C)=C/C(C)(C)C)[n+](C)cc/c1=C/C. The minimum absolute atomic E-state index is 0.112. The molecule has 1 aromatic heterocycles. The van der Waals surface area contributed by atoms with Gasteiger partial charge < -0.3 is 4.74 Å². The normalized spacial score (nSPS) is 13.3. The fraction of sp³-hybridized carbons (Fsp3) is 0.400. The van der Waals surface area contributed by atoms with Gasteiger partial charge >= 0.3 is 0 Å². The van der Waals surface area contributed by atoms with E-state index < -0.39 is 0 Å². The zero-order valence-electron chi connectivity index (χ0n) is 18.2. The summed E-state index contributed by atoms with van der Waals surface area (Å²) in [5, 5.41) is 2.21. The highest BCUT2D eigenvalue weighted by atomic mass is 16.5. The van der Waals surface area contributed by atoms with Crippen molar-refractivity contribution in [2.75, 3.05) is 7.11 Å². The van der Waals surface area contributed by atoms with Crippen LogP contribution in [0.2, 0.25) is 0 Å². The van der Waals surface area contributed by atoms with E-state index in [1.165, 1.54) is 27.8 Å². The monoisotopic (exact) mass is 364 g/mol. The van der Waals surface area contributed by atoms with Crippen molar-refractivity contribution in [2.45, 2.75) is 48.1 Å². The molecule has 2 nitrogen and oxygen atoms in total. The largest absolute Gasteiger partial charge is 0.380 e. The molecule has 0 aliphatic heterocycles. The van der Waals surface area contributed by atoms with E-state index in [1.807, 2.05) is 0 Å². The van der Waals surface area contributed by atoms with E-state index >= 15 is 0 Å². The van der Waals surface area contributed by atoms with E-state index in [0.29, 0.717) is 6.61 Å². The van der Waals surface area contributed by atoms with Crippen LogP contribution in [0, 0.1) is 12.3 Å². The lowest BCUT2D eigenvalue weighted by atomic mass is 9.86. The summed E-state index contributed by atoms with van der Waals surface area (Å²) in [6.07, 6.45) is 6.58. The Hall–Kier alpha value is -2.19. The first kappa shape index (κ1) is 21.1. The minimum atomic E-state index is 0.112. The molecule has 0 unspecified atom stereocenters. The van der Waals surface area contributed by atoms with Gasteiger partial charge in [-0.25, -0.2) is 4.57 Å². The van der Waals surface area contributed by atoms with Gasteiger partial charge in [0.05, 0.1) is 12.2 Å². The quantitative estimate of drug-likeness (QED) is 0.738. The van der Waals surface area contributed by atoms with Crippen LogP contribution >= 0.6 is 0 Å². The number of ether oxygens (including phenoxy) is 1. The van der Waals surface area contributed by atoms with E-state index in [-0.39, 0.29) is 5.41 Å². The van der Waals surface area contributed by atoms with Crippen molar-refractivity contribution < 1.29 is 9.30 Å². The van der Waals surface area contributed by atoms with Gasteiger partial charge in [0.25, 0.3) is 0 Å². The lowest BCUT2D eigenvalue weighted by molar-refractivity contribution is -0.661. The zero-order chi connectivity index (χ0) is 20.4. The topological polar surface area (TPSA) is 13.1 Å². The fourth-order valence-electron chi connectivity index (χ4n) is 3.76. The number of hydrogen-bond donors (Lipinski definition) is 0. The molecule has 0 amide bonds. The molecular weight excluding hydrogens is 330 g/mol. The molecule has 27 heavy (non-hydrogen) atoms. The van der Waals surface area contributed by atoms with Gasteiger partial charge in [0.15, 0.2) is 6.20 Å². The van der Waals surface area contributed by atoms with Gasteiger partial charge in [0, 0.05) is 18.4 Å². The molecular formula is C25H34NO+. The molecule has 0 atom stereocenters. The smallest absolute Gasteiger partial charge is 0.220 e. The van der Waals surface area contributed by atoms with Crippen LogP contribution < -0.4 is 15.0 Å². The van der Waals surface area contributed by atoms with E-state index in [0.717, 1.165) is 16.1 Å². The summed E-state index contributed by atoms with van der Waals surface area (Å²) < 4.78 is 7.73. The van der Waals surface area contributed by atoms with Crippen molar-refractivity contribution in [2.24, 2.45) is 12.5 Å². The highest BCUT2D eigenvalue weighted by Gasteiger charge is 2.22. The molecule has 0 aliphatic carbocycles. The first-order valence-corrected chi connectivity index (χ1v) is 9.55. The van der Waals surface area contributed by atoms with Gasteiger partial charge in [-0.3, -0.25) is 0 Å². The van der Waals surface area contributed by atoms with E-state index in [2.05, 4.69) is 96.3 Å². The summed E-state index contributed by atoms with van der Waals surface area (Å²) in [6, 6.07) is 6.63. The summed E-state index contributed by atoms with van der Waals surface area (Å²) >= 11 is 0. The standard InChI is InChI=1S/C25H34NO/c1-10-20-11-12-26(8)24(19(20)4)23-21(16-27-9)13-17(2)14-22(23)18(3)15-25(5,6)7/h10-15H,4,16H2,1-3,5-9H3/q+1/b18-15+,20-10-. The van der Waals surface area contributed by atoms with Crippen LogP contribution in [0.1, 0.15) is 51.3 Å². The second kappa shape index (κ2) is 8.22. The number of methoxy groups -OCH3 is 1. The maximum absolute atomic E-state index is 5.56. The number of rotatable bonds is 4. The fourth-order valence-corrected chi connectivity index (χ4v) is 3.76. The zero-order valence-corrected chi connectivity index (χ0v) is 18.2. The van der Waals surface area contributed by atoms with Gasteiger partial charge in [-0.2, -0.15) is 0 Å². The van der Waals surface area contributed by atoms with Crippen LogP contribution in [0.4, 0.5) is 0 Å². The Morgan fingerprint density at radius 3 is 2.48 bits per heavy atom. The maximum atomic E-state index is 5.56. The van der Waals surface area contributed by atoms with Crippen molar-refractivity contribution in [3.8, 4) is 11.3 Å². The molecule has 0 aliphatic rings. The third-order valence-corrected chi connectivity index (χ3v) is 4.75. The van der Waals surface area contributed by atoms with Crippen molar-refractivity contribution in [1.29, 1.82) is 0 Å². The van der Waals surface area contributed by atoms with E-state index in [9.17, 15) is 0 Å². The molecule has 2 aromatic rings. The second-order valence-corrected chi connectivity index (χ2v) is 8.47. The molecule has 0 spiro atoms. The van der Waals surface area contributed by atoms with Crippen molar-refractivity contribution in [3.63, 3.8) is 0 Å². The summed E-state index contributed by atoms with van der Waals surface area (Å²) in [4.78, 5) is 0. The highest BCUT2D eigenvalue weighted by Crippen LogP contribution is 2.33. The van der Waals surface area contributed by atoms with Gasteiger partial charge in [0.1, 0.15) is 7.05 Å². The first-order chi connectivity index (χ1) is 12.6. The summed E-state index contributed by atoms with van der Waals surface area (Å²) in [5.74, 6) is 0. The summed E-state index contributed by atoms with van der Waals surface area (Å²) in [7, 11) is 3.84. The Balaban J connectivity index is 2.99. The van der Waals surface area contributed by atoms with Crippen LogP contribution in [0.15, 0.2) is 30.5 Å². The average molecular weight is 365 g/mol. The number of aryl methyl sites for hydroxylation is 2. The molecule has 1 aromatic carbocycles. The molecule has 0 fully saturated rings. The molecule has 0 bridgehead atoms. The first-order valence-electron chi connectivity index (χ1n) is 9.55. The van der Waals surface area contributed by atoms with Crippen molar-refractivity contribution in [1.82, 2.24) is 0 Å². The molecule has 1 heterocycles. The Bertz CT molecular complexity index is 975. The van der Waals surface area contributed by atoms with Gasteiger partial charge in [-0.1, -0.05) is 57.2 Å². The van der Waals surface area contributed by atoms with Gasteiger partial charge in [0.2, 0.25) is 5.69 Å². The van der Waals surface area contributed by atoms with Crippen LogP contribution in [0.25, 0.3) is 29.5 Å². The summed E-state index contributed by atoms with van der Waals surface area (Å²) in [5.41, 5.74) is 7.46. The average Bonchev–Trinajstić information content (AvgIpc) is 2.55. The van der Waals surface area contributed by atoms with Crippen LogP contribution in [0.5, 0.6) is 0 Å². The van der Waals surface area contributed by atoms with Crippen LogP contribution in [0.3, 0.4) is 0 Å². The molecule has 0 N–H and O–H groups in total. The van der Waals surface area contributed by atoms with Crippen molar-refractivity contribution >= 4 is 18.2 Å². The van der Waals surface area contributed by atoms with Crippen molar-refractivity contribution in [3.05, 3.63) is 57.6 Å². The third kappa shape index (κ3) is 4.75. The highest BCUT2D eigenvalue weighted by molar-refractivity contribution is 5.81. The third-order valence-electron chi connectivity index (χ3n) is 4.75. The van der Waals surface area contributed by atoms with Gasteiger partial charge in [-0.05, 0) is 48.1 Å². The predicted octanol–water partition coefficient (Wildman–Crippen LogP) is 4.29. The van der Waals surface area contributed by atoms with Gasteiger partial charge in [-0.15, -0.1) is 0 Å². The molecule has 0 saturated carbocycles.